The molecule has 2 heterocycles. The van der Waals surface area contributed by atoms with Gasteiger partial charge in [0, 0.05) is 30.6 Å². The lowest BCUT2D eigenvalue weighted by atomic mass is 10.1. The largest absolute Gasteiger partial charge is 0.295 e. The lowest BCUT2D eigenvalue weighted by Crippen LogP contribution is -2.26. The number of amides is 1. The van der Waals surface area contributed by atoms with Gasteiger partial charge in [-0.25, -0.2) is 9.97 Å². The highest BCUT2D eigenvalue weighted by molar-refractivity contribution is 9.10. The van der Waals surface area contributed by atoms with Crippen molar-refractivity contribution in [3.63, 3.8) is 0 Å². The minimum Gasteiger partial charge on any atom is -0.295 e. The maximum absolute atomic E-state index is 11.8. The molecule has 1 amide bonds. The lowest BCUT2D eigenvalue weighted by molar-refractivity contribution is -0.117. The van der Waals surface area contributed by atoms with Crippen molar-refractivity contribution in [2.75, 3.05) is 18.0 Å². The number of hydrogen-bond donors (Lipinski definition) is 0. The Kier molecular flexibility index (Phi) is 3.55. The standard InChI is InChI=1S/C9H9BrN6O/c10-7-3-12-5-13-9(7)16-4-6(1-8(16)17)2-14-15-11/h3,5-6H,1-2,4H2. The van der Waals surface area contributed by atoms with Crippen LogP contribution in [-0.4, -0.2) is 29.0 Å². The molecule has 2 rings (SSSR count). The smallest absolute Gasteiger partial charge is 0.228 e. The Labute approximate surface area is 106 Å². The third-order valence-electron chi connectivity index (χ3n) is 2.51. The molecule has 1 atom stereocenters. The van der Waals surface area contributed by atoms with E-state index in [2.05, 4.69) is 35.9 Å². The van der Waals surface area contributed by atoms with E-state index in [4.69, 9.17) is 5.53 Å². The quantitative estimate of drug-likeness (QED) is 0.484. The van der Waals surface area contributed by atoms with Crippen LogP contribution < -0.4 is 4.90 Å². The van der Waals surface area contributed by atoms with Crippen LogP contribution in [0.15, 0.2) is 22.1 Å². The summed E-state index contributed by atoms with van der Waals surface area (Å²) in [4.78, 5) is 24.0. The lowest BCUT2D eigenvalue weighted by Gasteiger charge is -2.15. The molecule has 0 spiro atoms. The van der Waals surface area contributed by atoms with Crippen molar-refractivity contribution in [1.29, 1.82) is 0 Å². The molecule has 0 bridgehead atoms. The van der Waals surface area contributed by atoms with Crippen LogP contribution in [0.2, 0.25) is 0 Å². The third kappa shape index (κ3) is 2.54. The molecule has 7 nitrogen and oxygen atoms in total. The molecule has 0 saturated carbocycles. The summed E-state index contributed by atoms with van der Waals surface area (Å²) in [6.07, 6.45) is 3.37. The number of nitrogens with zero attached hydrogens (tertiary/aromatic N) is 6. The Morgan fingerprint density at radius 3 is 3.24 bits per heavy atom. The fourth-order valence-corrected chi connectivity index (χ4v) is 2.20. The van der Waals surface area contributed by atoms with Gasteiger partial charge in [-0.1, -0.05) is 5.11 Å². The van der Waals surface area contributed by atoms with Gasteiger partial charge in [0.1, 0.15) is 6.33 Å². The van der Waals surface area contributed by atoms with Crippen LogP contribution in [0.3, 0.4) is 0 Å². The van der Waals surface area contributed by atoms with E-state index in [9.17, 15) is 4.79 Å². The van der Waals surface area contributed by atoms with Gasteiger partial charge >= 0.3 is 0 Å². The zero-order chi connectivity index (χ0) is 12.3. The Bertz CT molecular complexity index is 486. The second-order valence-electron chi connectivity index (χ2n) is 3.68. The fraction of sp³-hybridized carbons (Fsp3) is 0.444. The van der Waals surface area contributed by atoms with Crippen molar-refractivity contribution in [3.8, 4) is 0 Å². The van der Waals surface area contributed by atoms with E-state index in [0.717, 1.165) is 0 Å². The number of carbonyl (C=O) groups excluding carboxylic acids is 1. The first-order valence-electron chi connectivity index (χ1n) is 4.99. The van der Waals surface area contributed by atoms with E-state index in [0.29, 0.717) is 29.8 Å². The summed E-state index contributed by atoms with van der Waals surface area (Å²) in [5.74, 6) is 0.608. The number of rotatable bonds is 3. The van der Waals surface area contributed by atoms with Gasteiger partial charge in [-0.05, 0) is 27.4 Å². The van der Waals surface area contributed by atoms with Crippen molar-refractivity contribution < 1.29 is 4.79 Å². The summed E-state index contributed by atoms with van der Waals surface area (Å²) in [7, 11) is 0. The van der Waals surface area contributed by atoms with E-state index < -0.39 is 0 Å². The van der Waals surface area contributed by atoms with E-state index in [-0.39, 0.29) is 11.8 Å². The molecule has 1 aromatic rings. The maximum atomic E-state index is 11.8. The molecule has 0 aliphatic carbocycles. The number of aromatic nitrogens is 2. The van der Waals surface area contributed by atoms with Crippen molar-refractivity contribution in [2.45, 2.75) is 6.42 Å². The van der Waals surface area contributed by atoms with Gasteiger partial charge in [-0.15, -0.1) is 0 Å². The second kappa shape index (κ2) is 5.11. The number of carbonyl (C=O) groups is 1. The molecule has 0 aromatic carbocycles. The van der Waals surface area contributed by atoms with Gasteiger partial charge < -0.3 is 0 Å². The van der Waals surface area contributed by atoms with Crippen LogP contribution >= 0.6 is 15.9 Å². The topological polar surface area (TPSA) is 94.9 Å². The molecule has 0 radical (unpaired) electrons. The average Bonchev–Trinajstić information content (AvgIpc) is 2.68. The predicted octanol–water partition coefficient (Wildman–Crippen LogP) is 1.90. The zero-order valence-electron chi connectivity index (χ0n) is 8.82. The average molecular weight is 297 g/mol. The molecule has 8 heteroatoms. The first-order valence-corrected chi connectivity index (χ1v) is 5.78. The molecule has 1 aromatic heterocycles. The van der Waals surface area contributed by atoms with E-state index >= 15 is 0 Å². The molecule has 1 fully saturated rings. The summed E-state index contributed by atoms with van der Waals surface area (Å²) in [5.41, 5.74) is 8.25. The zero-order valence-corrected chi connectivity index (χ0v) is 10.4. The van der Waals surface area contributed by atoms with Crippen LogP contribution in [-0.2, 0) is 4.79 Å². The van der Waals surface area contributed by atoms with Gasteiger partial charge in [0.25, 0.3) is 0 Å². The second-order valence-corrected chi connectivity index (χ2v) is 4.54. The van der Waals surface area contributed by atoms with Crippen LogP contribution in [0.25, 0.3) is 10.4 Å². The normalized spacial score (nSPS) is 19.2. The Morgan fingerprint density at radius 1 is 1.71 bits per heavy atom. The molecule has 1 saturated heterocycles. The SMILES string of the molecule is [N-]=[N+]=NCC1CC(=O)N(c2ncncc2Br)C1. The number of anilines is 1. The van der Waals surface area contributed by atoms with Gasteiger partial charge in [-0.3, -0.25) is 9.69 Å². The van der Waals surface area contributed by atoms with Crippen molar-refractivity contribution >= 4 is 27.7 Å². The van der Waals surface area contributed by atoms with Crippen LogP contribution in [0, 0.1) is 5.92 Å². The third-order valence-corrected chi connectivity index (χ3v) is 3.07. The van der Waals surface area contributed by atoms with Crippen LogP contribution in [0.5, 0.6) is 0 Å². The molecular formula is C9H9BrN6O. The van der Waals surface area contributed by atoms with Crippen molar-refractivity contribution in [1.82, 2.24) is 9.97 Å². The molecule has 1 unspecified atom stereocenters. The molecule has 1 aliphatic heterocycles. The van der Waals surface area contributed by atoms with Gasteiger partial charge in [0.2, 0.25) is 5.91 Å². The Balaban J connectivity index is 2.16. The highest BCUT2D eigenvalue weighted by atomic mass is 79.9. The van der Waals surface area contributed by atoms with Crippen molar-refractivity contribution in [2.24, 2.45) is 11.0 Å². The highest BCUT2D eigenvalue weighted by Gasteiger charge is 2.31. The number of azide groups is 1. The predicted molar refractivity (Wildman–Crippen MR) is 64.2 cm³/mol. The van der Waals surface area contributed by atoms with E-state index in [1.54, 1.807) is 11.1 Å². The van der Waals surface area contributed by atoms with Crippen LogP contribution in [0.4, 0.5) is 5.82 Å². The van der Waals surface area contributed by atoms with Gasteiger partial charge in [-0.2, -0.15) is 0 Å². The summed E-state index contributed by atoms with van der Waals surface area (Å²) < 4.78 is 0.679. The Morgan fingerprint density at radius 2 is 2.53 bits per heavy atom. The van der Waals surface area contributed by atoms with Crippen LogP contribution in [0.1, 0.15) is 6.42 Å². The molecule has 0 N–H and O–H groups in total. The fourth-order valence-electron chi connectivity index (χ4n) is 1.77. The minimum absolute atomic E-state index is 0.0115. The summed E-state index contributed by atoms with van der Waals surface area (Å²) in [6.45, 7) is 0.856. The van der Waals surface area contributed by atoms with E-state index in [1.807, 2.05) is 0 Å². The monoisotopic (exact) mass is 296 g/mol. The number of hydrogen-bond acceptors (Lipinski definition) is 4. The first kappa shape index (κ1) is 11.8. The maximum Gasteiger partial charge on any atom is 0.228 e. The highest BCUT2D eigenvalue weighted by Crippen LogP contribution is 2.28. The molecule has 17 heavy (non-hydrogen) atoms. The van der Waals surface area contributed by atoms with E-state index in [1.165, 1.54) is 6.33 Å². The molecule has 1 aliphatic rings. The van der Waals surface area contributed by atoms with Gasteiger partial charge in [0.15, 0.2) is 5.82 Å². The van der Waals surface area contributed by atoms with Crippen molar-refractivity contribution in [3.05, 3.63) is 27.4 Å². The molecular weight excluding hydrogens is 288 g/mol. The first-order chi connectivity index (χ1) is 8.22. The molecule has 88 valence electrons. The minimum atomic E-state index is -0.0115. The van der Waals surface area contributed by atoms with Gasteiger partial charge in [0.05, 0.1) is 4.47 Å². The Hall–Kier alpha value is -1.66. The summed E-state index contributed by atoms with van der Waals surface area (Å²) in [5, 5.41) is 3.50. The summed E-state index contributed by atoms with van der Waals surface area (Å²) in [6, 6.07) is 0. The summed E-state index contributed by atoms with van der Waals surface area (Å²) >= 11 is 3.31. The number of halogens is 1.